The molecule has 3 rings (SSSR count). The normalized spacial score (nSPS) is 14.8. The predicted molar refractivity (Wildman–Crippen MR) is 118 cm³/mol. The number of cyclic esters (lactones) is 1. The molecule has 6 heteroatoms. The molecule has 0 aliphatic carbocycles. The van der Waals surface area contributed by atoms with E-state index in [2.05, 4.69) is 34.5 Å². The van der Waals surface area contributed by atoms with Gasteiger partial charge in [0.25, 0.3) is 0 Å². The van der Waals surface area contributed by atoms with Crippen molar-refractivity contribution in [1.29, 1.82) is 0 Å². The van der Waals surface area contributed by atoms with Crippen LogP contribution in [0.25, 0.3) is 6.08 Å². The van der Waals surface area contributed by atoms with Gasteiger partial charge in [0, 0.05) is 5.56 Å². The highest BCUT2D eigenvalue weighted by Gasteiger charge is 2.25. The van der Waals surface area contributed by atoms with Gasteiger partial charge in [-0.1, -0.05) is 25.1 Å². The molecule has 146 valence electrons. The van der Waals surface area contributed by atoms with Gasteiger partial charge in [-0.15, -0.1) is 0 Å². The summed E-state index contributed by atoms with van der Waals surface area (Å²) in [6.45, 7) is 7.08. The highest BCUT2D eigenvalue weighted by Crippen LogP contribution is 2.35. The molecule has 2 aromatic carbocycles. The molecular formula is C22H22INO4. The van der Waals surface area contributed by atoms with Gasteiger partial charge < -0.3 is 14.2 Å². The fraction of sp³-hybridized carbons (Fsp3) is 0.273. The predicted octanol–water partition coefficient (Wildman–Crippen LogP) is 5.13. The van der Waals surface area contributed by atoms with Crippen LogP contribution < -0.4 is 9.47 Å². The first-order valence-corrected chi connectivity index (χ1v) is 10.3. The summed E-state index contributed by atoms with van der Waals surface area (Å²) in [7, 11) is 0. The number of carbonyl (C=O) groups excluding carboxylic acids is 1. The van der Waals surface area contributed by atoms with E-state index in [-0.39, 0.29) is 5.70 Å². The fourth-order valence-electron chi connectivity index (χ4n) is 2.77. The van der Waals surface area contributed by atoms with E-state index in [1.165, 1.54) is 0 Å². The van der Waals surface area contributed by atoms with E-state index < -0.39 is 5.97 Å². The lowest BCUT2D eigenvalue weighted by Gasteiger charge is -2.14. The second kappa shape index (κ2) is 9.23. The average molecular weight is 491 g/mol. The number of rotatable bonds is 7. The van der Waals surface area contributed by atoms with Crippen LogP contribution >= 0.6 is 22.6 Å². The van der Waals surface area contributed by atoms with Gasteiger partial charge in [0.05, 0.1) is 16.8 Å². The van der Waals surface area contributed by atoms with Crippen LogP contribution in [0, 0.1) is 10.5 Å². The molecule has 0 bridgehead atoms. The van der Waals surface area contributed by atoms with Gasteiger partial charge in [0.1, 0.15) is 0 Å². The van der Waals surface area contributed by atoms with Crippen molar-refractivity contribution in [2.24, 2.45) is 4.99 Å². The Balaban J connectivity index is 1.96. The number of halogens is 1. The summed E-state index contributed by atoms with van der Waals surface area (Å²) in [5.41, 5.74) is 2.88. The van der Waals surface area contributed by atoms with Crippen molar-refractivity contribution in [1.82, 2.24) is 0 Å². The van der Waals surface area contributed by atoms with E-state index in [0.29, 0.717) is 24.9 Å². The molecule has 5 nitrogen and oxygen atoms in total. The average Bonchev–Trinajstić information content (AvgIpc) is 3.02. The van der Waals surface area contributed by atoms with Gasteiger partial charge in [0.2, 0.25) is 5.90 Å². The summed E-state index contributed by atoms with van der Waals surface area (Å²) in [4.78, 5) is 16.7. The van der Waals surface area contributed by atoms with Crippen LogP contribution in [0.15, 0.2) is 47.1 Å². The topological polar surface area (TPSA) is 57.1 Å². The minimum absolute atomic E-state index is 0.263. The van der Waals surface area contributed by atoms with Crippen LogP contribution in [0.2, 0.25) is 0 Å². The lowest BCUT2D eigenvalue weighted by atomic mass is 10.1. The van der Waals surface area contributed by atoms with Gasteiger partial charge in [-0.2, -0.15) is 0 Å². The lowest BCUT2D eigenvalue weighted by Crippen LogP contribution is -2.06. The zero-order valence-corrected chi connectivity index (χ0v) is 18.3. The largest absolute Gasteiger partial charge is 0.490 e. The van der Waals surface area contributed by atoms with E-state index in [0.717, 1.165) is 32.4 Å². The van der Waals surface area contributed by atoms with Crippen molar-refractivity contribution in [3.8, 4) is 11.5 Å². The first kappa shape index (κ1) is 20.4. The smallest absolute Gasteiger partial charge is 0.363 e. The molecule has 0 amide bonds. The van der Waals surface area contributed by atoms with E-state index in [1.807, 2.05) is 50.2 Å². The fourth-order valence-corrected chi connectivity index (χ4v) is 3.55. The minimum atomic E-state index is -0.461. The number of carbonyl (C=O) groups is 1. The zero-order valence-electron chi connectivity index (χ0n) is 16.1. The first-order valence-electron chi connectivity index (χ1n) is 9.21. The Hall–Kier alpha value is -2.35. The summed E-state index contributed by atoms with van der Waals surface area (Å²) in [5, 5.41) is 0. The number of benzene rings is 2. The molecule has 0 spiro atoms. The Labute approximate surface area is 178 Å². The van der Waals surface area contributed by atoms with Crippen LogP contribution in [-0.4, -0.2) is 25.1 Å². The number of hydrogen-bond donors (Lipinski definition) is 0. The van der Waals surface area contributed by atoms with Gasteiger partial charge in [-0.05, 0) is 78.3 Å². The Morgan fingerprint density at radius 1 is 1.18 bits per heavy atom. The molecule has 0 N–H and O–H groups in total. The molecule has 0 radical (unpaired) electrons. The van der Waals surface area contributed by atoms with Crippen molar-refractivity contribution in [2.45, 2.75) is 27.2 Å². The molecule has 1 heterocycles. The number of aliphatic imine (C=N–C) groups is 1. The molecule has 0 unspecified atom stereocenters. The second-order valence-electron chi connectivity index (χ2n) is 6.26. The molecule has 0 aromatic heterocycles. The summed E-state index contributed by atoms with van der Waals surface area (Å²) >= 11 is 2.21. The summed E-state index contributed by atoms with van der Waals surface area (Å²) in [5.74, 6) is 1.25. The van der Waals surface area contributed by atoms with Crippen molar-refractivity contribution in [3.63, 3.8) is 0 Å². The highest BCUT2D eigenvalue weighted by molar-refractivity contribution is 14.1. The Morgan fingerprint density at radius 3 is 2.68 bits per heavy atom. The third-order valence-electron chi connectivity index (χ3n) is 4.08. The Kier molecular flexibility index (Phi) is 6.72. The number of ether oxygens (including phenoxy) is 3. The van der Waals surface area contributed by atoms with Crippen LogP contribution in [0.4, 0.5) is 0 Å². The van der Waals surface area contributed by atoms with Crippen LogP contribution in [-0.2, 0) is 9.53 Å². The Morgan fingerprint density at radius 2 is 1.96 bits per heavy atom. The van der Waals surface area contributed by atoms with E-state index >= 15 is 0 Å². The number of aryl methyl sites for hydroxylation is 1. The van der Waals surface area contributed by atoms with Gasteiger partial charge in [0.15, 0.2) is 17.2 Å². The van der Waals surface area contributed by atoms with Crippen molar-refractivity contribution in [2.75, 3.05) is 13.2 Å². The molecule has 28 heavy (non-hydrogen) atoms. The van der Waals surface area contributed by atoms with Crippen molar-refractivity contribution >= 4 is 40.5 Å². The van der Waals surface area contributed by atoms with Gasteiger partial charge >= 0.3 is 5.97 Å². The maximum atomic E-state index is 12.3. The number of hydrogen-bond acceptors (Lipinski definition) is 5. The maximum absolute atomic E-state index is 12.3. The summed E-state index contributed by atoms with van der Waals surface area (Å²) in [6.07, 6.45) is 2.62. The Bertz CT molecular complexity index is 950. The molecule has 0 saturated heterocycles. The van der Waals surface area contributed by atoms with Gasteiger partial charge in [-0.25, -0.2) is 9.79 Å². The summed E-state index contributed by atoms with van der Waals surface area (Å²) in [6, 6.07) is 11.5. The van der Waals surface area contributed by atoms with Crippen LogP contribution in [0.1, 0.15) is 37.0 Å². The van der Waals surface area contributed by atoms with Crippen molar-refractivity contribution < 1.29 is 19.0 Å². The maximum Gasteiger partial charge on any atom is 0.363 e. The molecule has 0 fully saturated rings. The lowest BCUT2D eigenvalue weighted by molar-refractivity contribution is -0.129. The third-order valence-corrected chi connectivity index (χ3v) is 4.88. The number of esters is 1. The molecule has 1 aliphatic heterocycles. The van der Waals surface area contributed by atoms with Crippen LogP contribution in [0.5, 0.6) is 11.5 Å². The van der Waals surface area contributed by atoms with E-state index in [4.69, 9.17) is 14.2 Å². The SMILES string of the molecule is CCCOc1c(I)cc(/C=C2\N=C(c3ccccc3C)OC2=O)cc1OCC. The molecule has 2 aromatic rings. The molecule has 1 aliphatic rings. The van der Waals surface area contributed by atoms with E-state index in [9.17, 15) is 4.79 Å². The molecule has 0 atom stereocenters. The molecular weight excluding hydrogens is 469 g/mol. The standard InChI is InChI=1S/C22H22INO4/c1-4-10-27-20-17(23)11-15(13-19(20)26-5-2)12-18-22(25)28-21(24-18)16-9-7-6-8-14(16)3/h6-9,11-13H,4-5,10H2,1-3H3/b18-12-. The third kappa shape index (κ3) is 4.55. The van der Waals surface area contributed by atoms with E-state index in [1.54, 1.807) is 6.08 Å². The second-order valence-corrected chi connectivity index (χ2v) is 7.42. The monoisotopic (exact) mass is 491 g/mol. The van der Waals surface area contributed by atoms with Crippen molar-refractivity contribution in [3.05, 3.63) is 62.4 Å². The minimum Gasteiger partial charge on any atom is -0.490 e. The summed E-state index contributed by atoms with van der Waals surface area (Å²) < 4.78 is 17.9. The van der Waals surface area contributed by atoms with Crippen LogP contribution in [0.3, 0.4) is 0 Å². The van der Waals surface area contributed by atoms with Gasteiger partial charge in [-0.3, -0.25) is 0 Å². The highest BCUT2D eigenvalue weighted by atomic mass is 127. The zero-order chi connectivity index (χ0) is 20.1. The quantitative estimate of drug-likeness (QED) is 0.306. The first-order chi connectivity index (χ1) is 13.5. The number of nitrogens with zero attached hydrogens (tertiary/aromatic N) is 1. The molecule has 0 saturated carbocycles.